The number of rotatable bonds is 4. The first-order chi connectivity index (χ1) is 8.81. The average Bonchev–Trinajstić information content (AvgIpc) is 2.42. The summed E-state index contributed by atoms with van der Waals surface area (Å²) in [5, 5.41) is 3.38. The van der Waals surface area contributed by atoms with Crippen molar-refractivity contribution < 1.29 is 9.53 Å². The van der Waals surface area contributed by atoms with Crippen molar-refractivity contribution in [1.29, 1.82) is 0 Å². The van der Waals surface area contributed by atoms with Crippen molar-refractivity contribution in [2.75, 3.05) is 26.2 Å². The summed E-state index contributed by atoms with van der Waals surface area (Å²) in [6, 6.07) is 0.389. The van der Waals surface area contributed by atoms with E-state index in [2.05, 4.69) is 12.2 Å². The molecule has 2 heterocycles. The molecule has 2 aliphatic rings. The van der Waals surface area contributed by atoms with Gasteiger partial charge in [0.05, 0.1) is 12.5 Å². The van der Waals surface area contributed by atoms with Gasteiger partial charge in [0.15, 0.2) is 0 Å². The highest BCUT2D eigenvalue weighted by Crippen LogP contribution is 2.18. The van der Waals surface area contributed by atoms with Gasteiger partial charge in [0.1, 0.15) is 0 Å². The molecule has 18 heavy (non-hydrogen) atoms. The molecule has 2 saturated heterocycles. The molecule has 1 amide bonds. The molecule has 1 N–H and O–H groups in total. The van der Waals surface area contributed by atoms with Gasteiger partial charge in [-0.05, 0) is 45.6 Å². The van der Waals surface area contributed by atoms with Crippen LogP contribution in [-0.4, -0.2) is 49.2 Å². The number of nitrogens with one attached hydrogen (secondary N) is 1. The summed E-state index contributed by atoms with van der Waals surface area (Å²) in [5.74, 6) is 0.276. The summed E-state index contributed by atoms with van der Waals surface area (Å²) in [7, 11) is 0. The molecule has 2 fully saturated rings. The summed E-state index contributed by atoms with van der Waals surface area (Å²) in [6.07, 6.45) is 6.45. The molecular formula is C14H26N2O2. The summed E-state index contributed by atoms with van der Waals surface area (Å²) in [4.78, 5) is 14.4. The van der Waals surface area contributed by atoms with Crippen molar-refractivity contribution in [3.8, 4) is 0 Å². The van der Waals surface area contributed by atoms with Crippen LogP contribution in [0.1, 0.15) is 45.4 Å². The maximum atomic E-state index is 12.4. The van der Waals surface area contributed by atoms with Gasteiger partial charge in [-0.3, -0.25) is 4.79 Å². The number of nitrogens with zero attached hydrogens (tertiary/aromatic N) is 1. The standard InChI is InChI=1S/C14H26N2O2/c1-2-16(12-6-5-8-15-11-12)14(17)10-13-7-3-4-9-18-13/h12-13,15H,2-11H2,1H3. The Morgan fingerprint density at radius 3 is 2.83 bits per heavy atom. The van der Waals surface area contributed by atoms with Crippen LogP contribution >= 0.6 is 0 Å². The highest BCUT2D eigenvalue weighted by atomic mass is 16.5. The minimum absolute atomic E-state index is 0.164. The molecule has 0 aliphatic carbocycles. The number of ether oxygens (including phenoxy) is 1. The monoisotopic (exact) mass is 254 g/mol. The zero-order valence-corrected chi connectivity index (χ0v) is 11.5. The molecule has 0 aromatic carbocycles. The normalized spacial score (nSPS) is 28.9. The van der Waals surface area contributed by atoms with E-state index in [0.717, 1.165) is 45.5 Å². The summed E-state index contributed by atoms with van der Waals surface area (Å²) in [5.41, 5.74) is 0. The lowest BCUT2D eigenvalue weighted by Crippen LogP contribution is -2.49. The van der Waals surface area contributed by atoms with Crippen LogP contribution in [0.25, 0.3) is 0 Å². The van der Waals surface area contributed by atoms with E-state index >= 15 is 0 Å². The second-order valence-corrected chi connectivity index (χ2v) is 5.37. The number of amides is 1. The Morgan fingerprint density at radius 2 is 2.22 bits per heavy atom. The first-order valence-corrected chi connectivity index (χ1v) is 7.43. The SMILES string of the molecule is CCN(C(=O)CC1CCCCO1)C1CCCNC1. The van der Waals surface area contributed by atoms with Crippen LogP contribution in [0, 0.1) is 0 Å². The largest absolute Gasteiger partial charge is 0.378 e. The molecule has 2 aliphatic heterocycles. The molecular weight excluding hydrogens is 228 g/mol. The molecule has 4 heteroatoms. The zero-order valence-electron chi connectivity index (χ0n) is 11.5. The van der Waals surface area contributed by atoms with Gasteiger partial charge in [0.25, 0.3) is 0 Å². The molecule has 2 atom stereocenters. The fourth-order valence-corrected chi connectivity index (χ4v) is 3.02. The van der Waals surface area contributed by atoms with E-state index in [9.17, 15) is 4.79 Å². The van der Waals surface area contributed by atoms with Crippen molar-refractivity contribution in [3.05, 3.63) is 0 Å². The zero-order chi connectivity index (χ0) is 12.8. The van der Waals surface area contributed by atoms with E-state index in [1.165, 1.54) is 12.8 Å². The van der Waals surface area contributed by atoms with Gasteiger partial charge < -0.3 is 15.0 Å². The smallest absolute Gasteiger partial charge is 0.225 e. The Kier molecular flexibility index (Phi) is 5.45. The number of likely N-dealkylation sites (N-methyl/N-ethyl adjacent to an activating group) is 1. The Morgan fingerprint density at radius 1 is 1.33 bits per heavy atom. The van der Waals surface area contributed by atoms with Crippen LogP contribution in [0.2, 0.25) is 0 Å². The second kappa shape index (κ2) is 7.10. The molecule has 0 radical (unpaired) electrons. The van der Waals surface area contributed by atoms with E-state index in [4.69, 9.17) is 4.74 Å². The molecule has 104 valence electrons. The summed E-state index contributed by atoms with van der Waals surface area (Å²) in [6.45, 7) is 5.76. The van der Waals surface area contributed by atoms with Crippen molar-refractivity contribution in [3.63, 3.8) is 0 Å². The van der Waals surface area contributed by atoms with Crippen LogP contribution in [-0.2, 0) is 9.53 Å². The minimum Gasteiger partial charge on any atom is -0.378 e. The number of carbonyl (C=O) groups is 1. The first kappa shape index (κ1) is 13.8. The van der Waals surface area contributed by atoms with Crippen LogP contribution in [0.3, 0.4) is 0 Å². The highest BCUT2D eigenvalue weighted by Gasteiger charge is 2.26. The molecule has 0 bridgehead atoms. The first-order valence-electron chi connectivity index (χ1n) is 7.43. The van der Waals surface area contributed by atoms with E-state index in [0.29, 0.717) is 12.5 Å². The van der Waals surface area contributed by atoms with Gasteiger partial charge in [0.2, 0.25) is 5.91 Å². The third-order valence-corrected chi connectivity index (χ3v) is 4.05. The third kappa shape index (κ3) is 3.69. The Hall–Kier alpha value is -0.610. The topological polar surface area (TPSA) is 41.6 Å². The third-order valence-electron chi connectivity index (χ3n) is 4.05. The predicted molar refractivity (Wildman–Crippen MR) is 71.5 cm³/mol. The molecule has 0 aromatic heterocycles. The highest BCUT2D eigenvalue weighted by molar-refractivity contribution is 5.77. The van der Waals surface area contributed by atoms with Crippen LogP contribution in [0.5, 0.6) is 0 Å². The molecule has 4 nitrogen and oxygen atoms in total. The van der Waals surface area contributed by atoms with Crippen molar-refractivity contribution >= 4 is 5.91 Å². The molecule has 0 saturated carbocycles. The molecule has 0 aromatic rings. The maximum Gasteiger partial charge on any atom is 0.225 e. The van der Waals surface area contributed by atoms with Crippen molar-refractivity contribution in [1.82, 2.24) is 10.2 Å². The van der Waals surface area contributed by atoms with Gasteiger partial charge in [0, 0.05) is 25.7 Å². The van der Waals surface area contributed by atoms with E-state index in [1.54, 1.807) is 0 Å². The lowest BCUT2D eigenvalue weighted by molar-refractivity contribution is -0.137. The van der Waals surface area contributed by atoms with E-state index < -0.39 is 0 Å². The van der Waals surface area contributed by atoms with Gasteiger partial charge in [-0.1, -0.05) is 0 Å². The number of piperidine rings is 1. The van der Waals surface area contributed by atoms with Crippen LogP contribution in [0.4, 0.5) is 0 Å². The van der Waals surface area contributed by atoms with Gasteiger partial charge >= 0.3 is 0 Å². The van der Waals surface area contributed by atoms with Crippen LogP contribution < -0.4 is 5.32 Å². The minimum atomic E-state index is 0.164. The van der Waals surface area contributed by atoms with Crippen molar-refractivity contribution in [2.45, 2.75) is 57.6 Å². The van der Waals surface area contributed by atoms with Gasteiger partial charge in [-0.15, -0.1) is 0 Å². The fourth-order valence-electron chi connectivity index (χ4n) is 3.02. The Labute approximate surface area is 110 Å². The van der Waals surface area contributed by atoms with Crippen LogP contribution in [0.15, 0.2) is 0 Å². The van der Waals surface area contributed by atoms with Gasteiger partial charge in [-0.25, -0.2) is 0 Å². The summed E-state index contributed by atoms with van der Waals surface area (Å²) < 4.78 is 5.67. The maximum absolute atomic E-state index is 12.4. The number of hydrogen-bond acceptors (Lipinski definition) is 3. The molecule has 2 rings (SSSR count). The Balaban J connectivity index is 1.83. The lowest BCUT2D eigenvalue weighted by atomic mass is 10.0. The van der Waals surface area contributed by atoms with Gasteiger partial charge in [-0.2, -0.15) is 0 Å². The predicted octanol–water partition coefficient (Wildman–Crippen LogP) is 1.55. The quantitative estimate of drug-likeness (QED) is 0.827. The lowest BCUT2D eigenvalue weighted by Gasteiger charge is -2.35. The van der Waals surface area contributed by atoms with E-state index in [-0.39, 0.29) is 12.0 Å². The second-order valence-electron chi connectivity index (χ2n) is 5.37. The fraction of sp³-hybridized carbons (Fsp3) is 0.929. The molecule has 2 unspecified atom stereocenters. The number of carbonyl (C=O) groups excluding carboxylic acids is 1. The Bertz CT molecular complexity index is 259. The summed E-state index contributed by atoms with van der Waals surface area (Å²) >= 11 is 0. The van der Waals surface area contributed by atoms with Crippen molar-refractivity contribution in [2.24, 2.45) is 0 Å². The average molecular weight is 254 g/mol. The van der Waals surface area contributed by atoms with E-state index in [1.807, 2.05) is 4.90 Å². The molecule has 0 spiro atoms. The number of hydrogen-bond donors (Lipinski definition) is 1.